The first kappa shape index (κ1) is 15.8. The highest BCUT2D eigenvalue weighted by Crippen LogP contribution is 2.18. The van der Waals surface area contributed by atoms with Crippen LogP contribution in [-0.2, 0) is 4.74 Å². The smallest absolute Gasteiger partial charge is 0.410 e. The predicted molar refractivity (Wildman–Crippen MR) is 81.6 cm³/mol. The molecule has 0 saturated carbocycles. The zero-order valence-electron chi connectivity index (χ0n) is 12.8. The molecule has 7 heteroatoms. The Hall–Kier alpha value is -1.56. The van der Waals surface area contributed by atoms with Crippen molar-refractivity contribution in [2.75, 3.05) is 18.4 Å². The van der Waals surface area contributed by atoms with Crippen LogP contribution in [0.4, 0.5) is 10.7 Å². The molecule has 0 aromatic carbocycles. The summed E-state index contributed by atoms with van der Waals surface area (Å²) in [4.78, 5) is 22.1. The van der Waals surface area contributed by atoms with Gasteiger partial charge in [0.1, 0.15) is 10.8 Å². The van der Waals surface area contributed by atoms with Gasteiger partial charge in [-0.15, -0.1) is 0 Å². The first-order valence-corrected chi connectivity index (χ1v) is 7.36. The third-order valence-electron chi connectivity index (χ3n) is 3.00. The molecule has 0 bridgehead atoms. The van der Waals surface area contributed by atoms with Crippen LogP contribution >= 0.6 is 11.6 Å². The van der Waals surface area contributed by atoms with E-state index >= 15 is 0 Å². The minimum Gasteiger partial charge on any atom is -0.444 e. The van der Waals surface area contributed by atoms with Crippen LogP contribution in [0.2, 0.25) is 5.15 Å². The largest absolute Gasteiger partial charge is 0.444 e. The number of rotatable bonds is 2. The Labute approximate surface area is 129 Å². The highest BCUT2D eigenvalue weighted by Gasteiger charge is 2.30. The summed E-state index contributed by atoms with van der Waals surface area (Å²) in [6.45, 7) is 8.67. The predicted octanol–water partition coefficient (Wildman–Crippen LogP) is 2.86. The summed E-state index contributed by atoms with van der Waals surface area (Å²) in [5, 5.41) is 3.62. The van der Waals surface area contributed by atoms with Crippen LogP contribution in [0.15, 0.2) is 6.07 Å². The van der Waals surface area contributed by atoms with Crippen LogP contribution in [0.1, 0.15) is 32.9 Å². The molecule has 1 aromatic rings. The molecule has 116 valence electrons. The molecule has 0 radical (unpaired) electrons. The van der Waals surface area contributed by atoms with Gasteiger partial charge in [0.15, 0.2) is 0 Å². The molecular weight excluding hydrogens is 292 g/mol. The van der Waals surface area contributed by atoms with E-state index in [0.29, 0.717) is 24.2 Å². The lowest BCUT2D eigenvalue weighted by Gasteiger charge is -2.24. The maximum absolute atomic E-state index is 12.0. The summed E-state index contributed by atoms with van der Waals surface area (Å²) in [6.07, 6.45) is 0.545. The molecule has 2 rings (SSSR count). The number of hydrogen-bond donors (Lipinski definition) is 1. The van der Waals surface area contributed by atoms with Crippen LogP contribution < -0.4 is 5.32 Å². The quantitative estimate of drug-likeness (QED) is 0.851. The second-order valence-corrected chi connectivity index (χ2v) is 6.60. The lowest BCUT2D eigenvalue weighted by atomic mass is 10.2. The third kappa shape index (κ3) is 4.74. The number of carbonyl (C=O) groups excluding carboxylic acids is 1. The molecule has 1 N–H and O–H groups in total. The average molecular weight is 313 g/mol. The number of nitrogens with zero attached hydrogens (tertiary/aromatic N) is 3. The molecule has 1 atom stereocenters. The van der Waals surface area contributed by atoms with Crippen molar-refractivity contribution in [1.29, 1.82) is 0 Å². The molecule has 1 aromatic heterocycles. The fourth-order valence-corrected chi connectivity index (χ4v) is 2.39. The number of likely N-dealkylation sites (tertiary alicyclic amines) is 1. The number of anilines is 1. The number of nitrogens with one attached hydrogen (secondary N) is 1. The van der Waals surface area contributed by atoms with Gasteiger partial charge in [0.05, 0.1) is 0 Å². The Kier molecular flexibility index (Phi) is 4.56. The maximum atomic E-state index is 12.0. The van der Waals surface area contributed by atoms with E-state index in [9.17, 15) is 4.79 Å². The van der Waals surface area contributed by atoms with Gasteiger partial charge in [-0.25, -0.2) is 14.8 Å². The van der Waals surface area contributed by atoms with Gasteiger partial charge in [-0.05, 0) is 40.2 Å². The van der Waals surface area contributed by atoms with Gasteiger partial charge >= 0.3 is 6.09 Å². The van der Waals surface area contributed by atoms with Crippen LogP contribution in [0.25, 0.3) is 0 Å². The Bertz CT molecular complexity index is 510. The fourth-order valence-electron chi connectivity index (χ4n) is 2.15. The topological polar surface area (TPSA) is 67.4 Å². The van der Waals surface area contributed by atoms with Crippen molar-refractivity contribution in [1.82, 2.24) is 14.9 Å². The minimum atomic E-state index is -0.476. The minimum absolute atomic E-state index is 0.107. The number of amides is 1. The number of aromatic nitrogens is 2. The molecule has 1 fully saturated rings. The van der Waals surface area contributed by atoms with Crippen molar-refractivity contribution >= 4 is 23.6 Å². The molecule has 1 amide bonds. The Balaban J connectivity index is 1.92. The Morgan fingerprint density at radius 3 is 2.81 bits per heavy atom. The molecule has 6 nitrogen and oxygen atoms in total. The maximum Gasteiger partial charge on any atom is 0.410 e. The zero-order valence-corrected chi connectivity index (χ0v) is 13.6. The van der Waals surface area contributed by atoms with Crippen LogP contribution in [0.5, 0.6) is 0 Å². The van der Waals surface area contributed by atoms with Crippen LogP contribution in [0, 0.1) is 6.92 Å². The first-order valence-electron chi connectivity index (χ1n) is 6.98. The number of hydrogen-bond acceptors (Lipinski definition) is 5. The van der Waals surface area contributed by atoms with Crippen molar-refractivity contribution in [3.8, 4) is 0 Å². The Morgan fingerprint density at radius 2 is 2.19 bits per heavy atom. The molecule has 0 unspecified atom stereocenters. The zero-order chi connectivity index (χ0) is 15.6. The van der Waals surface area contributed by atoms with E-state index < -0.39 is 5.60 Å². The summed E-state index contributed by atoms with van der Waals surface area (Å²) in [7, 11) is 0. The van der Waals surface area contributed by atoms with E-state index in [4.69, 9.17) is 16.3 Å². The second kappa shape index (κ2) is 6.05. The molecule has 1 aliphatic heterocycles. The SMILES string of the molecule is Cc1cc(Cl)nc(N[C@@H]2CCN(C(=O)OC(C)(C)C)C2)n1. The third-order valence-corrected chi connectivity index (χ3v) is 3.19. The lowest BCUT2D eigenvalue weighted by molar-refractivity contribution is 0.0293. The van der Waals surface area contributed by atoms with Gasteiger partial charge in [0, 0.05) is 24.8 Å². The molecular formula is C14H21ClN4O2. The molecule has 21 heavy (non-hydrogen) atoms. The lowest BCUT2D eigenvalue weighted by Crippen LogP contribution is -2.36. The van der Waals surface area contributed by atoms with E-state index in [1.54, 1.807) is 11.0 Å². The average Bonchev–Trinajstić information content (AvgIpc) is 2.73. The van der Waals surface area contributed by atoms with Crippen molar-refractivity contribution < 1.29 is 9.53 Å². The van der Waals surface area contributed by atoms with E-state index in [1.165, 1.54) is 0 Å². The molecule has 1 saturated heterocycles. The molecule has 0 spiro atoms. The summed E-state index contributed by atoms with van der Waals surface area (Å²) in [5.41, 5.74) is 0.329. The van der Waals surface area contributed by atoms with E-state index in [1.807, 2.05) is 27.7 Å². The molecule has 1 aliphatic rings. The second-order valence-electron chi connectivity index (χ2n) is 6.21. The normalized spacial score (nSPS) is 18.7. The summed E-state index contributed by atoms with van der Waals surface area (Å²) in [6, 6.07) is 1.81. The van der Waals surface area contributed by atoms with Crippen molar-refractivity contribution in [3.05, 3.63) is 16.9 Å². The number of carbonyl (C=O) groups is 1. The van der Waals surface area contributed by atoms with Gasteiger partial charge in [0.25, 0.3) is 0 Å². The fraction of sp³-hybridized carbons (Fsp3) is 0.643. The highest BCUT2D eigenvalue weighted by atomic mass is 35.5. The number of ether oxygens (including phenoxy) is 1. The van der Waals surface area contributed by atoms with Crippen LogP contribution in [-0.4, -0.2) is 45.7 Å². The molecule has 2 heterocycles. The van der Waals surface area contributed by atoms with Gasteiger partial charge in [-0.2, -0.15) is 0 Å². The van der Waals surface area contributed by atoms with Gasteiger partial charge in [-0.3, -0.25) is 0 Å². The van der Waals surface area contributed by atoms with Gasteiger partial charge in [-0.1, -0.05) is 11.6 Å². The monoisotopic (exact) mass is 312 g/mol. The van der Waals surface area contributed by atoms with Gasteiger partial charge < -0.3 is 15.0 Å². The van der Waals surface area contributed by atoms with Crippen LogP contribution in [0.3, 0.4) is 0 Å². The summed E-state index contributed by atoms with van der Waals surface area (Å²) in [5.74, 6) is 0.496. The van der Waals surface area contributed by atoms with Crippen molar-refractivity contribution in [2.24, 2.45) is 0 Å². The van der Waals surface area contributed by atoms with Crippen molar-refractivity contribution in [2.45, 2.75) is 45.8 Å². The first-order chi connectivity index (χ1) is 9.73. The van der Waals surface area contributed by atoms with Gasteiger partial charge in [0.2, 0.25) is 5.95 Å². The standard InChI is InChI=1S/C14H21ClN4O2/c1-9-7-11(15)18-12(16-9)17-10-5-6-19(8-10)13(20)21-14(2,3)4/h7,10H,5-6,8H2,1-4H3,(H,16,17,18)/t10-/m1/s1. The van der Waals surface area contributed by atoms with E-state index in [-0.39, 0.29) is 12.1 Å². The number of halogens is 1. The van der Waals surface area contributed by atoms with Crippen molar-refractivity contribution in [3.63, 3.8) is 0 Å². The number of aryl methyl sites for hydroxylation is 1. The summed E-state index contributed by atoms with van der Waals surface area (Å²) >= 11 is 5.91. The summed E-state index contributed by atoms with van der Waals surface area (Å²) < 4.78 is 5.37. The molecule has 0 aliphatic carbocycles. The van der Waals surface area contributed by atoms with E-state index in [0.717, 1.165) is 12.1 Å². The van der Waals surface area contributed by atoms with E-state index in [2.05, 4.69) is 15.3 Å². The Morgan fingerprint density at radius 1 is 1.48 bits per heavy atom. The highest BCUT2D eigenvalue weighted by molar-refractivity contribution is 6.29.